The van der Waals surface area contributed by atoms with Crippen molar-refractivity contribution in [3.8, 4) is 11.3 Å². The molecule has 2 heterocycles. The van der Waals surface area contributed by atoms with Crippen molar-refractivity contribution >= 4 is 46.1 Å². The van der Waals surface area contributed by atoms with E-state index in [2.05, 4.69) is 19.9 Å². The van der Waals surface area contributed by atoms with Crippen molar-refractivity contribution in [1.29, 1.82) is 0 Å². The number of nitrogens with zero attached hydrogens (tertiary/aromatic N) is 5. The fourth-order valence-corrected chi connectivity index (χ4v) is 2.77. The summed E-state index contributed by atoms with van der Waals surface area (Å²) < 4.78 is 0. The Bertz CT molecular complexity index is 917. The normalized spacial score (nSPS) is 10.8. The number of carbonyl (C=O) groups excluding carboxylic acids is 1. The highest BCUT2D eigenvalue weighted by Crippen LogP contribution is 2.30. The monoisotopic (exact) mass is 361 g/mol. The number of anilines is 1. The Morgan fingerprint density at radius 1 is 1.08 bits per heavy atom. The van der Waals surface area contributed by atoms with Crippen molar-refractivity contribution in [3.05, 3.63) is 40.8 Å². The van der Waals surface area contributed by atoms with Gasteiger partial charge in [0.25, 0.3) is 0 Å². The first-order valence-electron chi connectivity index (χ1n) is 7.25. The van der Waals surface area contributed by atoms with Crippen molar-refractivity contribution in [1.82, 2.24) is 19.9 Å². The molecule has 6 nitrogen and oxygen atoms in total. The highest BCUT2D eigenvalue weighted by molar-refractivity contribution is 6.32. The molecule has 24 heavy (non-hydrogen) atoms. The van der Waals surface area contributed by atoms with Crippen LogP contribution in [0.15, 0.2) is 30.3 Å². The number of benzene rings is 1. The molecule has 8 heteroatoms. The topological polar surface area (TPSA) is 71.9 Å². The second-order valence-corrected chi connectivity index (χ2v) is 5.68. The first-order valence-corrected chi connectivity index (χ1v) is 8.01. The molecule has 0 atom stereocenters. The van der Waals surface area contributed by atoms with Gasteiger partial charge in [-0.25, -0.2) is 9.97 Å². The van der Waals surface area contributed by atoms with Crippen LogP contribution < -0.4 is 4.90 Å². The SMILES string of the molecule is CCN(C(C)=O)c1nc(Cl)nc2nc(Cl)c(-c3ccccc3)nc12. The highest BCUT2D eigenvalue weighted by atomic mass is 35.5. The molecule has 0 unspecified atom stereocenters. The van der Waals surface area contributed by atoms with E-state index < -0.39 is 0 Å². The number of fused-ring (bicyclic) bond motifs is 1. The van der Waals surface area contributed by atoms with Crippen molar-refractivity contribution in [3.63, 3.8) is 0 Å². The Morgan fingerprint density at radius 3 is 2.42 bits per heavy atom. The van der Waals surface area contributed by atoms with Crippen LogP contribution in [0.5, 0.6) is 0 Å². The quantitative estimate of drug-likeness (QED) is 0.664. The van der Waals surface area contributed by atoms with Gasteiger partial charge in [0.15, 0.2) is 22.1 Å². The first-order chi connectivity index (χ1) is 11.5. The Labute approximate surface area is 148 Å². The third-order valence-electron chi connectivity index (χ3n) is 3.44. The molecule has 0 fully saturated rings. The van der Waals surface area contributed by atoms with E-state index in [1.54, 1.807) is 0 Å². The number of rotatable bonds is 3. The molecule has 0 saturated carbocycles. The highest BCUT2D eigenvalue weighted by Gasteiger charge is 2.20. The van der Waals surface area contributed by atoms with Crippen LogP contribution in [0.4, 0.5) is 5.82 Å². The molecule has 3 aromatic rings. The first kappa shape index (κ1) is 16.5. The largest absolute Gasteiger partial charge is 0.295 e. The van der Waals surface area contributed by atoms with Crippen LogP contribution in [0.1, 0.15) is 13.8 Å². The zero-order valence-corrected chi connectivity index (χ0v) is 14.5. The summed E-state index contributed by atoms with van der Waals surface area (Å²) in [6, 6.07) is 9.41. The van der Waals surface area contributed by atoms with Crippen LogP contribution in [0.2, 0.25) is 10.4 Å². The Kier molecular flexibility index (Phi) is 4.59. The van der Waals surface area contributed by atoms with E-state index in [-0.39, 0.29) is 22.0 Å². The van der Waals surface area contributed by atoms with Gasteiger partial charge in [0.05, 0.1) is 0 Å². The second kappa shape index (κ2) is 6.67. The number of carbonyl (C=O) groups is 1. The molecular weight excluding hydrogens is 349 g/mol. The van der Waals surface area contributed by atoms with E-state index in [4.69, 9.17) is 23.2 Å². The van der Waals surface area contributed by atoms with Crippen LogP contribution in [0.25, 0.3) is 22.4 Å². The number of aromatic nitrogens is 4. The van der Waals surface area contributed by atoms with Gasteiger partial charge < -0.3 is 0 Å². The van der Waals surface area contributed by atoms with Gasteiger partial charge in [0.1, 0.15) is 5.69 Å². The average molecular weight is 362 g/mol. The van der Waals surface area contributed by atoms with Crippen molar-refractivity contribution < 1.29 is 4.79 Å². The molecule has 0 bridgehead atoms. The zero-order chi connectivity index (χ0) is 17.3. The van der Waals surface area contributed by atoms with Crippen molar-refractivity contribution in [2.75, 3.05) is 11.4 Å². The predicted molar refractivity (Wildman–Crippen MR) is 94.3 cm³/mol. The van der Waals surface area contributed by atoms with Gasteiger partial charge in [-0.2, -0.15) is 9.97 Å². The van der Waals surface area contributed by atoms with Crippen LogP contribution in [-0.2, 0) is 4.79 Å². The summed E-state index contributed by atoms with van der Waals surface area (Å²) >= 11 is 12.2. The van der Waals surface area contributed by atoms with Gasteiger partial charge in [0.2, 0.25) is 11.2 Å². The minimum absolute atomic E-state index is 0.0185. The van der Waals surface area contributed by atoms with Crippen molar-refractivity contribution in [2.24, 2.45) is 0 Å². The summed E-state index contributed by atoms with van der Waals surface area (Å²) in [6.45, 7) is 3.71. The molecule has 1 amide bonds. The van der Waals surface area contributed by atoms with Gasteiger partial charge >= 0.3 is 0 Å². The van der Waals surface area contributed by atoms with E-state index in [1.807, 2.05) is 37.3 Å². The molecule has 1 aromatic carbocycles. The summed E-state index contributed by atoms with van der Waals surface area (Å²) in [7, 11) is 0. The van der Waals surface area contributed by atoms with Crippen LogP contribution in [0.3, 0.4) is 0 Å². The minimum atomic E-state index is -0.174. The molecule has 0 saturated heterocycles. The number of halogens is 2. The molecule has 0 N–H and O–H groups in total. The van der Waals surface area contributed by atoms with Gasteiger partial charge in [0, 0.05) is 19.0 Å². The maximum Gasteiger partial charge on any atom is 0.226 e. The second-order valence-electron chi connectivity index (χ2n) is 4.98. The van der Waals surface area contributed by atoms with E-state index in [0.29, 0.717) is 23.6 Å². The van der Waals surface area contributed by atoms with Crippen LogP contribution >= 0.6 is 23.2 Å². The molecule has 0 aliphatic carbocycles. The zero-order valence-electron chi connectivity index (χ0n) is 13.0. The summed E-state index contributed by atoms with van der Waals surface area (Å²) in [6.07, 6.45) is 0. The van der Waals surface area contributed by atoms with E-state index in [9.17, 15) is 4.79 Å². The van der Waals surface area contributed by atoms with E-state index >= 15 is 0 Å². The molecule has 0 aliphatic rings. The number of amides is 1. The van der Waals surface area contributed by atoms with E-state index in [0.717, 1.165) is 5.56 Å². The minimum Gasteiger partial charge on any atom is -0.295 e. The molecule has 0 aliphatic heterocycles. The van der Waals surface area contributed by atoms with Crippen LogP contribution in [0, 0.1) is 0 Å². The number of hydrogen-bond donors (Lipinski definition) is 0. The maximum absolute atomic E-state index is 11.9. The van der Waals surface area contributed by atoms with Gasteiger partial charge in [-0.15, -0.1) is 0 Å². The average Bonchev–Trinajstić information content (AvgIpc) is 2.55. The maximum atomic E-state index is 11.9. The van der Waals surface area contributed by atoms with Gasteiger partial charge in [-0.1, -0.05) is 41.9 Å². The Morgan fingerprint density at radius 2 is 1.79 bits per heavy atom. The molecule has 122 valence electrons. The lowest BCUT2D eigenvalue weighted by Crippen LogP contribution is -2.29. The lowest BCUT2D eigenvalue weighted by Gasteiger charge is -2.19. The fraction of sp³-hybridized carbons (Fsp3) is 0.188. The third-order valence-corrected chi connectivity index (χ3v) is 3.87. The molecule has 0 spiro atoms. The predicted octanol–water partition coefficient (Wildman–Crippen LogP) is 3.77. The Hall–Kier alpha value is -2.31. The third kappa shape index (κ3) is 3.02. The van der Waals surface area contributed by atoms with Crippen molar-refractivity contribution in [2.45, 2.75) is 13.8 Å². The smallest absolute Gasteiger partial charge is 0.226 e. The molecule has 3 rings (SSSR count). The molecule has 2 aromatic heterocycles. The lowest BCUT2D eigenvalue weighted by molar-refractivity contribution is -0.116. The lowest BCUT2D eigenvalue weighted by atomic mass is 10.1. The van der Waals surface area contributed by atoms with Gasteiger partial charge in [-0.3, -0.25) is 9.69 Å². The summed E-state index contributed by atoms with van der Waals surface area (Å²) in [4.78, 5) is 30.4. The van der Waals surface area contributed by atoms with E-state index in [1.165, 1.54) is 11.8 Å². The fourth-order valence-electron chi connectivity index (χ4n) is 2.38. The molecule has 0 radical (unpaired) electrons. The number of hydrogen-bond acceptors (Lipinski definition) is 5. The van der Waals surface area contributed by atoms with Gasteiger partial charge in [-0.05, 0) is 18.5 Å². The van der Waals surface area contributed by atoms with Crippen LogP contribution in [-0.4, -0.2) is 32.4 Å². The summed E-state index contributed by atoms with van der Waals surface area (Å²) in [5, 5.41) is 0.190. The summed E-state index contributed by atoms with van der Waals surface area (Å²) in [5.41, 5.74) is 1.93. The molecular formula is C16H13Cl2N5O. The Balaban J connectivity index is 2.31. The summed E-state index contributed by atoms with van der Waals surface area (Å²) in [5.74, 6) is 0.146. The standard InChI is InChI=1S/C16H13Cl2N5O/c1-3-23(9(2)24)15-12-14(21-16(18)22-15)20-13(17)11(19-12)10-7-5-4-6-8-10/h4-8H,3H2,1-2H3.